The molecule has 0 rings (SSSR count). The molecule has 0 aromatic rings. The third kappa shape index (κ3) is 6.61. The van der Waals surface area contributed by atoms with E-state index in [-0.39, 0.29) is 30.9 Å². The number of hydrogen-bond acceptors (Lipinski definition) is 4. The van der Waals surface area contributed by atoms with Crippen LogP contribution in [0.5, 0.6) is 0 Å². The lowest BCUT2D eigenvalue weighted by molar-refractivity contribution is 0.0906. The largest absolute Gasteiger partial charge is 0.378 e. The number of ether oxygens (including phenoxy) is 1. The van der Waals surface area contributed by atoms with Gasteiger partial charge in [-0.3, -0.25) is 0 Å². The van der Waals surface area contributed by atoms with Gasteiger partial charge in [0.05, 0.1) is 30.5 Å². The first-order valence-electron chi connectivity index (χ1n) is 5.82. The fraction of sp³-hybridized carbons (Fsp3) is 0.909. The van der Waals surface area contributed by atoms with Gasteiger partial charge in [-0.1, -0.05) is 6.92 Å². The summed E-state index contributed by atoms with van der Waals surface area (Å²) in [6, 6.07) is 2.04. The number of sulfonamides is 1. The van der Waals surface area contributed by atoms with Crippen molar-refractivity contribution in [2.24, 2.45) is 5.92 Å². The Labute approximate surface area is 104 Å². The van der Waals surface area contributed by atoms with Crippen LogP contribution in [0.15, 0.2) is 0 Å². The molecule has 0 aromatic heterocycles. The molecular weight excluding hydrogens is 240 g/mol. The minimum absolute atomic E-state index is 0.0262. The van der Waals surface area contributed by atoms with E-state index in [0.29, 0.717) is 6.54 Å². The first-order valence-corrected chi connectivity index (χ1v) is 7.43. The van der Waals surface area contributed by atoms with Crippen LogP contribution in [0.4, 0.5) is 0 Å². The second kappa shape index (κ2) is 7.64. The Kier molecular flexibility index (Phi) is 7.35. The second-order valence-electron chi connectivity index (χ2n) is 4.22. The Balaban J connectivity index is 4.39. The van der Waals surface area contributed by atoms with Crippen LogP contribution in [0.1, 0.15) is 27.7 Å². The summed E-state index contributed by atoms with van der Waals surface area (Å²) < 4.78 is 30.4. The predicted octanol–water partition coefficient (Wildman–Crippen LogP) is 1.22. The van der Waals surface area contributed by atoms with Gasteiger partial charge < -0.3 is 4.74 Å². The van der Waals surface area contributed by atoms with E-state index in [2.05, 4.69) is 0 Å². The van der Waals surface area contributed by atoms with Gasteiger partial charge in [-0.15, -0.1) is 0 Å². The van der Waals surface area contributed by atoms with Gasteiger partial charge in [-0.25, -0.2) is 12.7 Å². The summed E-state index contributed by atoms with van der Waals surface area (Å²) in [5, 5.41) is 8.70. The van der Waals surface area contributed by atoms with Gasteiger partial charge in [0.1, 0.15) is 0 Å². The number of nitrogens with zero attached hydrogens (tertiary/aromatic N) is 2. The Bertz CT molecular complexity index is 346. The van der Waals surface area contributed by atoms with Crippen LogP contribution < -0.4 is 0 Å². The predicted molar refractivity (Wildman–Crippen MR) is 66.9 cm³/mol. The van der Waals surface area contributed by atoms with Gasteiger partial charge in [-0.05, 0) is 20.8 Å². The molecule has 0 aliphatic heterocycles. The van der Waals surface area contributed by atoms with E-state index in [9.17, 15) is 8.42 Å². The third-order valence-electron chi connectivity index (χ3n) is 2.24. The molecule has 0 spiro atoms. The molecular formula is C11H22N2O3S. The lowest BCUT2D eigenvalue weighted by atomic mass is 10.2. The van der Waals surface area contributed by atoms with E-state index in [4.69, 9.17) is 10.00 Å². The zero-order valence-corrected chi connectivity index (χ0v) is 11.8. The average molecular weight is 262 g/mol. The van der Waals surface area contributed by atoms with Crippen molar-refractivity contribution in [2.75, 3.05) is 25.4 Å². The normalized spacial score (nSPS) is 13.9. The standard InChI is InChI=1S/C11H22N2O3S/c1-5-13(9-11(4)8-12)17(14,15)7-6-16-10(2)3/h10-11H,5-7,9H2,1-4H3. The summed E-state index contributed by atoms with van der Waals surface area (Å²) in [5.74, 6) is -0.326. The van der Waals surface area contributed by atoms with Crippen LogP contribution in [0.3, 0.4) is 0 Å². The quantitative estimate of drug-likeness (QED) is 0.659. The molecule has 0 fully saturated rings. The fourth-order valence-electron chi connectivity index (χ4n) is 1.30. The van der Waals surface area contributed by atoms with Crippen molar-refractivity contribution in [3.63, 3.8) is 0 Å². The molecule has 0 aromatic carbocycles. The zero-order chi connectivity index (χ0) is 13.5. The van der Waals surface area contributed by atoms with Crippen LogP contribution in [-0.4, -0.2) is 44.3 Å². The summed E-state index contributed by atoms with van der Waals surface area (Å²) in [7, 11) is -3.32. The molecule has 0 N–H and O–H groups in total. The van der Waals surface area contributed by atoms with E-state index in [1.165, 1.54) is 4.31 Å². The zero-order valence-electron chi connectivity index (χ0n) is 11.0. The fourth-order valence-corrected chi connectivity index (χ4v) is 2.71. The summed E-state index contributed by atoms with van der Waals surface area (Å²) in [5.41, 5.74) is 0. The van der Waals surface area contributed by atoms with Gasteiger partial charge >= 0.3 is 0 Å². The molecule has 5 nitrogen and oxygen atoms in total. The summed E-state index contributed by atoms with van der Waals surface area (Å²) in [6.07, 6.45) is 0.0262. The van der Waals surface area contributed by atoms with Crippen LogP contribution in [0, 0.1) is 17.2 Å². The van der Waals surface area contributed by atoms with Crippen molar-refractivity contribution in [1.29, 1.82) is 5.26 Å². The molecule has 0 bridgehead atoms. The van der Waals surface area contributed by atoms with Gasteiger partial charge in [0.2, 0.25) is 10.0 Å². The monoisotopic (exact) mass is 262 g/mol. The molecule has 0 heterocycles. The molecule has 1 atom stereocenters. The highest BCUT2D eigenvalue weighted by molar-refractivity contribution is 7.89. The van der Waals surface area contributed by atoms with Gasteiger partial charge in [0.25, 0.3) is 0 Å². The number of nitriles is 1. The van der Waals surface area contributed by atoms with Crippen molar-refractivity contribution in [1.82, 2.24) is 4.31 Å². The van der Waals surface area contributed by atoms with E-state index in [1.807, 2.05) is 19.9 Å². The van der Waals surface area contributed by atoms with Crippen molar-refractivity contribution in [2.45, 2.75) is 33.8 Å². The second-order valence-corrected chi connectivity index (χ2v) is 6.30. The molecule has 0 amide bonds. The Morgan fingerprint density at radius 2 is 1.94 bits per heavy atom. The van der Waals surface area contributed by atoms with Gasteiger partial charge in [0.15, 0.2) is 0 Å². The Hall–Kier alpha value is -0.640. The molecule has 0 saturated carbocycles. The molecule has 0 aliphatic carbocycles. The highest BCUT2D eigenvalue weighted by atomic mass is 32.2. The Morgan fingerprint density at radius 1 is 1.35 bits per heavy atom. The molecule has 17 heavy (non-hydrogen) atoms. The Morgan fingerprint density at radius 3 is 2.35 bits per heavy atom. The highest BCUT2D eigenvalue weighted by Crippen LogP contribution is 2.06. The van der Waals surface area contributed by atoms with Crippen LogP contribution in [0.25, 0.3) is 0 Å². The molecule has 1 unspecified atom stereocenters. The number of rotatable bonds is 8. The smallest absolute Gasteiger partial charge is 0.216 e. The lowest BCUT2D eigenvalue weighted by Crippen LogP contribution is -2.37. The van der Waals surface area contributed by atoms with Crippen molar-refractivity contribution >= 4 is 10.0 Å². The van der Waals surface area contributed by atoms with Crippen LogP contribution in [-0.2, 0) is 14.8 Å². The summed E-state index contributed by atoms with van der Waals surface area (Å²) >= 11 is 0. The molecule has 6 heteroatoms. The molecule has 0 aliphatic rings. The van der Waals surface area contributed by atoms with E-state index >= 15 is 0 Å². The van der Waals surface area contributed by atoms with E-state index in [1.54, 1.807) is 13.8 Å². The molecule has 0 saturated heterocycles. The van der Waals surface area contributed by atoms with Gasteiger partial charge in [0, 0.05) is 13.1 Å². The maximum absolute atomic E-state index is 11.9. The van der Waals surface area contributed by atoms with Crippen molar-refractivity contribution in [3.05, 3.63) is 0 Å². The lowest BCUT2D eigenvalue weighted by Gasteiger charge is -2.21. The molecule has 0 radical (unpaired) electrons. The van der Waals surface area contributed by atoms with E-state index < -0.39 is 10.0 Å². The minimum atomic E-state index is -3.32. The molecule has 100 valence electrons. The number of hydrogen-bond donors (Lipinski definition) is 0. The maximum atomic E-state index is 11.9. The van der Waals surface area contributed by atoms with Crippen LogP contribution in [0.2, 0.25) is 0 Å². The van der Waals surface area contributed by atoms with Crippen molar-refractivity contribution in [3.8, 4) is 6.07 Å². The first kappa shape index (κ1) is 16.4. The SMILES string of the molecule is CCN(CC(C)C#N)S(=O)(=O)CCOC(C)C. The third-order valence-corrected chi connectivity index (χ3v) is 4.11. The summed E-state index contributed by atoms with van der Waals surface area (Å²) in [4.78, 5) is 0. The average Bonchev–Trinajstić information content (AvgIpc) is 2.24. The minimum Gasteiger partial charge on any atom is -0.378 e. The van der Waals surface area contributed by atoms with Crippen molar-refractivity contribution < 1.29 is 13.2 Å². The highest BCUT2D eigenvalue weighted by Gasteiger charge is 2.22. The van der Waals surface area contributed by atoms with Crippen LogP contribution >= 0.6 is 0 Å². The first-order chi connectivity index (χ1) is 7.83. The topological polar surface area (TPSA) is 70.4 Å². The maximum Gasteiger partial charge on any atom is 0.216 e. The summed E-state index contributed by atoms with van der Waals surface area (Å²) in [6.45, 7) is 8.03. The van der Waals surface area contributed by atoms with E-state index in [0.717, 1.165) is 0 Å². The van der Waals surface area contributed by atoms with Gasteiger partial charge in [-0.2, -0.15) is 5.26 Å².